The van der Waals surface area contributed by atoms with Gasteiger partial charge in [0.2, 0.25) is 0 Å². The first kappa shape index (κ1) is 13.3. The highest BCUT2D eigenvalue weighted by Crippen LogP contribution is 1.98. The maximum absolute atomic E-state index is 11.4. The summed E-state index contributed by atoms with van der Waals surface area (Å²) in [6, 6.07) is -0.0495. The fourth-order valence-electron chi connectivity index (χ4n) is 1.31. The number of rotatable bonds is 7. The van der Waals surface area contributed by atoms with E-state index in [2.05, 4.69) is 12.2 Å². The molecule has 0 atom stereocenters. The molecular formula is C11H23N2O. The van der Waals surface area contributed by atoms with E-state index in [-0.39, 0.29) is 6.03 Å². The van der Waals surface area contributed by atoms with Crippen molar-refractivity contribution in [3.8, 4) is 0 Å². The summed E-state index contributed by atoms with van der Waals surface area (Å²) < 4.78 is 0. The number of urea groups is 1. The third-order valence-corrected chi connectivity index (χ3v) is 2.29. The van der Waals surface area contributed by atoms with Crippen LogP contribution in [0.3, 0.4) is 0 Å². The van der Waals surface area contributed by atoms with Gasteiger partial charge in [0.1, 0.15) is 0 Å². The van der Waals surface area contributed by atoms with Crippen molar-refractivity contribution in [1.29, 1.82) is 0 Å². The van der Waals surface area contributed by atoms with Crippen LogP contribution in [0.15, 0.2) is 0 Å². The van der Waals surface area contributed by atoms with Crippen LogP contribution in [0.25, 0.3) is 0 Å². The van der Waals surface area contributed by atoms with Gasteiger partial charge in [0.15, 0.2) is 0 Å². The molecule has 0 unspecified atom stereocenters. The molecule has 0 N–H and O–H groups in total. The van der Waals surface area contributed by atoms with E-state index < -0.39 is 0 Å². The second-order valence-electron chi connectivity index (χ2n) is 3.40. The average Bonchev–Trinajstić information content (AvgIpc) is 2.19. The lowest BCUT2D eigenvalue weighted by Crippen LogP contribution is -2.36. The van der Waals surface area contributed by atoms with Gasteiger partial charge in [-0.15, -0.1) is 0 Å². The largest absolute Gasteiger partial charge is 0.338 e. The summed E-state index contributed by atoms with van der Waals surface area (Å²) in [6.07, 6.45) is 4.70. The monoisotopic (exact) mass is 199 g/mol. The minimum absolute atomic E-state index is 0.0495. The standard InChI is InChI=1S/C11H23N2O/c1-4-7-8-9-10-12-11(14)13(5-2)6-3/h4-10H2,1-3H3. The first-order valence-corrected chi connectivity index (χ1v) is 5.72. The normalized spacial score (nSPS) is 9.93. The molecule has 2 amide bonds. The Kier molecular flexibility index (Phi) is 8.39. The second-order valence-corrected chi connectivity index (χ2v) is 3.40. The molecule has 3 heteroatoms. The van der Waals surface area contributed by atoms with Crippen LogP contribution in [0.4, 0.5) is 4.79 Å². The number of unbranched alkanes of at least 4 members (excludes halogenated alkanes) is 3. The molecule has 0 rings (SSSR count). The van der Waals surface area contributed by atoms with Gasteiger partial charge in [0.25, 0.3) is 0 Å². The molecule has 0 saturated heterocycles. The van der Waals surface area contributed by atoms with Crippen molar-refractivity contribution in [3.63, 3.8) is 0 Å². The van der Waals surface area contributed by atoms with Gasteiger partial charge in [-0.3, -0.25) is 0 Å². The molecule has 0 bridgehead atoms. The van der Waals surface area contributed by atoms with E-state index in [1.54, 1.807) is 4.90 Å². The molecule has 14 heavy (non-hydrogen) atoms. The molecule has 0 fully saturated rings. The summed E-state index contributed by atoms with van der Waals surface area (Å²) in [5, 5.41) is 4.02. The van der Waals surface area contributed by atoms with Crippen molar-refractivity contribution >= 4 is 6.03 Å². The van der Waals surface area contributed by atoms with E-state index in [9.17, 15) is 4.79 Å². The number of hydrogen-bond acceptors (Lipinski definition) is 1. The zero-order valence-corrected chi connectivity index (χ0v) is 9.75. The number of nitrogens with zero attached hydrogens (tertiary/aromatic N) is 2. The first-order valence-electron chi connectivity index (χ1n) is 5.72. The maximum atomic E-state index is 11.4. The number of carbonyl (C=O) groups is 1. The highest BCUT2D eigenvalue weighted by atomic mass is 16.2. The van der Waals surface area contributed by atoms with Crippen LogP contribution in [0.2, 0.25) is 0 Å². The molecule has 0 aliphatic rings. The first-order chi connectivity index (χ1) is 6.76. The fraction of sp³-hybridized carbons (Fsp3) is 0.909. The Morgan fingerprint density at radius 3 is 2.21 bits per heavy atom. The SMILES string of the molecule is CCCCCC[N]C(=O)N(CC)CC. The molecule has 83 valence electrons. The summed E-state index contributed by atoms with van der Waals surface area (Å²) in [5.41, 5.74) is 0. The summed E-state index contributed by atoms with van der Waals surface area (Å²) in [4.78, 5) is 13.1. The smallest absolute Gasteiger partial charge is 0.324 e. The van der Waals surface area contributed by atoms with Crippen molar-refractivity contribution in [1.82, 2.24) is 10.2 Å². The lowest BCUT2D eigenvalue weighted by atomic mass is 10.2. The second kappa shape index (κ2) is 8.85. The van der Waals surface area contributed by atoms with E-state index in [0.717, 1.165) is 19.5 Å². The maximum Gasteiger partial charge on any atom is 0.338 e. The number of hydrogen-bond donors (Lipinski definition) is 0. The molecule has 0 aliphatic carbocycles. The highest BCUT2D eigenvalue weighted by molar-refractivity contribution is 5.73. The predicted molar refractivity (Wildman–Crippen MR) is 59.5 cm³/mol. The zero-order valence-electron chi connectivity index (χ0n) is 9.75. The van der Waals surface area contributed by atoms with Gasteiger partial charge in [-0.1, -0.05) is 26.2 Å². The van der Waals surface area contributed by atoms with Gasteiger partial charge in [-0.05, 0) is 20.3 Å². The van der Waals surface area contributed by atoms with Crippen molar-refractivity contribution in [2.75, 3.05) is 19.6 Å². The molecule has 0 spiro atoms. The van der Waals surface area contributed by atoms with Crippen molar-refractivity contribution in [2.24, 2.45) is 0 Å². The Labute approximate surface area is 87.9 Å². The van der Waals surface area contributed by atoms with Gasteiger partial charge < -0.3 is 4.90 Å². The van der Waals surface area contributed by atoms with Gasteiger partial charge in [0.05, 0.1) is 0 Å². The number of amides is 2. The Hall–Kier alpha value is -0.730. The van der Waals surface area contributed by atoms with Crippen LogP contribution >= 0.6 is 0 Å². The van der Waals surface area contributed by atoms with Crippen LogP contribution in [0, 0.1) is 0 Å². The topological polar surface area (TPSA) is 34.4 Å². The van der Waals surface area contributed by atoms with Gasteiger partial charge in [-0.2, -0.15) is 0 Å². The third kappa shape index (κ3) is 5.84. The molecule has 0 aromatic heterocycles. The van der Waals surface area contributed by atoms with E-state index >= 15 is 0 Å². The van der Waals surface area contributed by atoms with E-state index in [1.807, 2.05) is 13.8 Å². The molecule has 0 aromatic rings. The molecule has 3 nitrogen and oxygen atoms in total. The summed E-state index contributed by atoms with van der Waals surface area (Å²) in [5.74, 6) is 0. The third-order valence-electron chi connectivity index (χ3n) is 2.29. The average molecular weight is 199 g/mol. The van der Waals surface area contributed by atoms with Crippen molar-refractivity contribution in [2.45, 2.75) is 46.5 Å². The highest BCUT2D eigenvalue weighted by Gasteiger charge is 2.08. The van der Waals surface area contributed by atoms with Crippen LogP contribution in [0.5, 0.6) is 0 Å². The molecule has 0 aromatic carbocycles. The summed E-state index contributed by atoms with van der Waals surface area (Å²) >= 11 is 0. The molecule has 0 heterocycles. The fourth-order valence-corrected chi connectivity index (χ4v) is 1.31. The molecule has 0 saturated carbocycles. The minimum Gasteiger partial charge on any atom is -0.324 e. The lowest BCUT2D eigenvalue weighted by molar-refractivity contribution is 0.202. The quantitative estimate of drug-likeness (QED) is 0.580. The lowest BCUT2D eigenvalue weighted by Gasteiger charge is -2.17. The zero-order chi connectivity index (χ0) is 10.8. The van der Waals surface area contributed by atoms with Gasteiger partial charge in [0, 0.05) is 19.6 Å². The Morgan fingerprint density at radius 1 is 1.07 bits per heavy atom. The Balaban J connectivity index is 3.43. The van der Waals surface area contributed by atoms with Crippen LogP contribution in [-0.2, 0) is 0 Å². The van der Waals surface area contributed by atoms with E-state index in [1.165, 1.54) is 19.3 Å². The van der Waals surface area contributed by atoms with Gasteiger partial charge >= 0.3 is 6.03 Å². The molecule has 1 radical (unpaired) electrons. The van der Waals surface area contributed by atoms with Crippen LogP contribution in [0.1, 0.15) is 46.5 Å². The van der Waals surface area contributed by atoms with Crippen molar-refractivity contribution < 1.29 is 4.79 Å². The van der Waals surface area contributed by atoms with E-state index in [4.69, 9.17) is 0 Å². The number of carbonyl (C=O) groups excluding carboxylic acids is 1. The van der Waals surface area contributed by atoms with E-state index in [0.29, 0.717) is 6.54 Å². The molecular weight excluding hydrogens is 176 g/mol. The summed E-state index contributed by atoms with van der Waals surface area (Å²) in [6.45, 7) is 8.34. The Bertz CT molecular complexity index is 144. The van der Waals surface area contributed by atoms with Crippen LogP contribution in [-0.4, -0.2) is 30.6 Å². The summed E-state index contributed by atoms with van der Waals surface area (Å²) in [7, 11) is 0. The van der Waals surface area contributed by atoms with Crippen LogP contribution < -0.4 is 5.32 Å². The minimum atomic E-state index is -0.0495. The Morgan fingerprint density at radius 2 is 1.71 bits per heavy atom. The van der Waals surface area contributed by atoms with Gasteiger partial charge in [-0.25, -0.2) is 10.1 Å². The predicted octanol–water partition coefficient (Wildman–Crippen LogP) is 2.63. The molecule has 0 aliphatic heterocycles. The van der Waals surface area contributed by atoms with Crippen molar-refractivity contribution in [3.05, 3.63) is 0 Å².